The van der Waals surface area contributed by atoms with Crippen LogP contribution in [0.1, 0.15) is 19.1 Å². The fraction of sp³-hybridized carbons (Fsp3) is 0.375. The fourth-order valence-electron chi connectivity index (χ4n) is 2.14. The van der Waals surface area contributed by atoms with Crippen molar-refractivity contribution in [1.29, 1.82) is 0 Å². The van der Waals surface area contributed by atoms with Gasteiger partial charge in [-0.05, 0) is 37.6 Å². The zero-order valence-electron chi connectivity index (χ0n) is 11.9. The van der Waals surface area contributed by atoms with E-state index in [4.69, 9.17) is 4.42 Å². The Labute approximate surface area is 115 Å². The number of anilines is 2. The molecule has 0 amide bonds. The van der Waals surface area contributed by atoms with Gasteiger partial charge in [0, 0.05) is 26.6 Å². The number of para-hydroxylation sites is 2. The van der Waals surface area contributed by atoms with Crippen molar-refractivity contribution in [2.45, 2.75) is 25.8 Å². The molecule has 0 radical (unpaired) electrons. The molecule has 0 bridgehead atoms. The molecular formula is C16H22N2O. The van der Waals surface area contributed by atoms with Crippen LogP contribution in [0.4, 0.5) is 11.4 Å². The van der Waals surface area contributed by atoms with Crippen LogP contribution in [0, 0.1) is 0 Å². The molecule has 1 unspecified atom stereocenters. The zero-order valence-corrected chi connectivity index (χ0v) is 11.9. The summed E-state index contributed by atoms with van der Waals surface area (Å²) in [6.07, 6.45) is 3.75. The standard InChI is InChI=1S/C16H22N2O/c1-13(10-11-14-7-6-12-19-14)17-15-8-4-5-9-16(15)18(2)3/h4-9,12-13,17H,10-11H2,1-3H3. The van der Waals surface area contributed by atoms with Crippen LogP contribution in [0.3, 0.4) is 0 Å². The van der Waals surface area contributed by atoms with Crippen molar-refractivity contribution in [2.24, 2.45) is 0 Å². The maximum atomic E-state index is 5.36. The lowest BCUT2D eigenvalue weighted by Gasteiger charge is -2.21. The van der Waals surface area contributed by atoms with Gasteiger partial charge in [0.25, 0.3) is 0 Å². The Balaban J connectivity index is 1.93. The second-order valence-electron chi connectivity index (χ2n) is 5.08. The van der Waals surface area contributed by atoms with Crippen LogP contribution in [-0.4, -0.2) is 20.1 Å². The van der Waals surface area contributed by atoms with Gasteiger partial charge < -0.3 is 14.6 Å². The normalized spacial score (nSPS) is 12.2. The highest BCUT2D eigenvalue weighted by molar-refractivity contribution is 5.69. The number of nitrogens with zero attached hydrogens (tertiary/aromatic N) is 1. The van der Waals surface area contributed by atoms with Gasteiger partial charge in [-0.3, -0.25) is 0 Å². The highest BCUT2D eigenvalue weighted by Gasteiger charge is 2.08. The van der Waals surface area contributed by atoms with Gasteiger partial charge in [-0.1, -0.05) is 12.1 Å². The van der Waals surface area contributed by atoms with Crippen molar-refractivity contribution in [3.8, 4) is 0 Å². The van der Waals surface area contributed by atoms with Crippen LogP contribution in [0.25, 0.3) is 0 Å². The minimum atomic E-state index is 0.409. The third-order valence-electron chi connectivity index (χ3n) is 3.19. The van der Waals surface area contributed by atoms with Gasteiger partial charge in [0.2, 0.25) is 0 Å². The van der Waals surface area contributed by atoms with Gasteiger partial charge >= 0.3 is 0 Å². The highest BCUT2D eigenvalue weighted by atomic mass is 16.3. The summed E-state index contributed by atoms with van der Waals surface area (Å²) in [5.41, 5.74) is 2.40. The highest BCUT2D eigenvalue weighted by Crippen LogP contribution is 2.24. The Morgan fingerprint density at radius 1 is 1.16 bits per heavy atom. The third-order valence-corrected chi connectivity index (χ3v) is 3.19. The van der Waals surface area contributed by atoms with E-state index in [0.717, 1.165) is 18.6 Å². The molecule has 0 spiro atoms. The summed E-state index contributed by atoms with van der Waals surface area (Å²) < 4.78 is 5.36. The summed E-state index contributed by atoms with van der Waals surface area (Å²) in [5.74, 6) is 1.05. The maximum Gasteiger partial charge on any atom is 0.103 e. The summed E-state index contributed by atoms with van der Waals surface area (Å²) in [6.45, 7) is 2.20. The summed E-state index contributed by atoms with van der Waals surface area (Å²) in [6, 6.07) is 12.8. The number of nitrogens with one attached hydrogen (secondary N) is 1. The first kappa shape index (κ1) is 13.5. The van der Waals surface area contributed by atoms with Crippen molar-refractivity contribution >= 4 is 11.4 Å². The molecule has 0 fully saturated rings. The van der Waals surface area contributed by atoms with E-state index in [1.165, 1.54) is 11.4 Å². The van der Waals surface area contributed by atoms with E-state index >= 15 is 0 Å². The molecule has 1 heterocycles. The Kier molecular flexibility index (Phi) is 4.50. The molecule has 2 aromatic rings. The van der Waals surface area contributed by atoms with E-state index < -0.39 is 0 Å². The Morgan fingerprint density at radius 3 is 2.63 bits per heavy atom. The van der Waals surface area contributed by atoms with E-state index in [-0.39, 0.29) is 0 Å². The lowest BCUT2D eigenvalue weighted by atomic mass is 10.1. The molecule has 3 nitrogen and oxygen atoms in total. The van der Waals surface area contributed by atoms with Crippen molar-refractivity contribution < 1.29 is 4.42 Å². The van der Waals surface area contributed by atoms with Crippen LogP contribution in [-0.2, 0) is 6.42 Å². The lowest BCUT2D eigenvalue weighted by molar-refractivity contribution is 0.495. The number of aryl methyl sites for hydroxylation is 1. The molecule has 0 aliphatic carbocycles. The minimum absolute atomic E-state index is 0.409. The Hall–Kier alpha value is -1.90. The van der Waals surface area contributed by atoms with Crippen LogP contribution in [0.2, 0.25) is 0 Å². The van der Waals surface area contributed by atoms with Gasteiger partial charge in [-0.15, -0.1) is 0 Å². The Bertz CT molecular complexity index is 491. The quantitative estimate of drug-likeness (QED) is 0.854. The maximum absolute atomic E-state index is 5.36. The second-order valence-corrected chi connectivity index (χ2v) is 5.08. The SMILES string of the molecule is CC(CCc1ccco1)Nc1ccccc1N(C)C. The molecule has 3 heteroatoms. The van der Waals surface area contributed by atoms with Crippen molar-refractivity contribution in [3.63, 3.8) is 0 Å². The van der Waals surface area contributed by atoms with Crippen molar-refractivity contribution in [2.75, 3.05) is 24.3 Å². The molecule has 1 aromatic heterocycles. The van der Waals surface area contributed by atoms with Gasteiger partial charge in [0.05, 0.1) is 17.6 Å². The molecule has 102 valence electrons. The topological polar surface area (TPSA) is 28.4 Å². The molecule has 0 saturated heterocycles. The summed E-state index contributed by atoms with van der Waals surface area (Å²) in [7, 11) is 4.13. The second kappa shape index (κ2) is 6.32. The predicted molar refractivity (Wildman–Crippen MR) is 80.9 cm³/mol. The molecular weight excluding hydrogens is 236 g/mol. The molecule has 0 aliphatic rings. The first-order valence-electron chi connectivity index (χ1n) is 6.72. The molecule has 0 aliphatic heterocycles. The summed E-state index contributed by atoms with van der Waals surface area (Å²) in [5, 5.41) is 3.57. The predicted octanol–water partition coefficient (Wildman–Crippen LogP) is 3.78. The third kappa shape index (κ3) is 3.78. The largest absolute Gasteiger partial charge is 0.469 e. The van der Waals surface area contributed by atoms with Crippen molar-refractivity contribution in [3.05, 3.63) is 48.4 Å². The molecule has 19 heavy (non-hydrogen) atoms. The molecule has 1 aromatic carbocycles. The summed E-state index contributed by atoms with van der Waals surface area (Å²) in [4.78, 5) is 2.13. The van der Waals surface area contributed by atoms with Gasteiger partial charge in [-0.25, -0.2) is 0 Å². The smallest absolute Gasteiger partial charge is 0.103 e. The molecule has 1 N–H and O–H groups in total. The fourth-order valence-corrected chi connectivity index (χ4v) is 2.14. The van der Waals surface area contributed by atoms with Crippen molar-refractivity contribution in [1.82, 2.24) is 0 Å². The van der Waals surface area contributed by atoms with Crippen LogP contribution >= 0.6 is 0 Å². The van der Waals surface area contributed by atoms with E-state index in [1.807, 2.05) is 12.1 Å². The van der Waals surface area contributed by atoms with E-state index in [9.17, 15) is 0 Å². The average Bonchev–Trinajstić information content (AvgIpc) is 2.90. The molecule has 0 saturated carbocycles. The first-order valence-corrected chi connectivity index (χ1v) is 6.72. The van der Waals surface area contributed by atoms with Crippen LogP contribution < -0.4 is 10.2 Å². The number of hydrogen-bond donors (Lipinski definition) is 1. The summed E-state index contributed by atoms with van der Waals surface area (Å²) >= 11 is 0. The van der Waals surface area contributed by atoms with Gasteiger partial charge in [-0.2, -0.15) is 0 Å². The monoisotopic (exact) mass is 258 g/mol. The van der Waals surface area contributed by atoms with Gasteiger partial charge in [0.1, 0.15) is 5.76 Å². The van der Waals surface area contributed by atoms with E-state index in [0.29, 0.717) is 6.04 Å². The number of hydrogen-bond acceptors (Lipinski definition) is 3. The van der Waals surface area contributed by atoms with E-state index in [2.05, 4.69) is 55.5 Å². The van der Waals surface area contributed by atoms with Crippen LogP contribution in [0.15, 0.2) is 47.1 Å². The zero-order chi connectivity index (χ0) is 13.7. The minimum Gasteiger partial charge on any atom is -0.469 e. The van der Waals surface area contributed by atoms with Crippen LogP contribution in [0.5, 0.6) is 0 Å². The van der Waals surface area contributed by atoms with Gasteiger partial charge in [0.15, 0.2) is 0 Å². The number of furan rings is 1. The Morgan fingerprint density at radius 2 is 1.95 bits per heavy atom. The molecule has 2 rings (SSSR count). The number of rotatable bonds is 6. The molecule has 1 atom stereocenters. The average molecular weight is 258 g/mol. The van der Waals surface area contributed by atoms with E-state index in [1.54, 1.807) is 6.26 Å². The lowest BCUT2D eigenvalue weighted by Crippen LogP contribution is -2.19. The first-order chi connectivity index (χ1) is 9.16. The number of benzene rings is 1.